The Morgan fingerprint density at radius 3 is 2.69 bits per heavy atom. The van der Waals surface area contributed by atoms with E-state index in [0.29, 0.717) is 31.0 Å². The van der Waals surface area contributed by atoms with E-state index in [1.165, 1.54) is 0 Å². The minimum Gasteiger partial charge on any atom is -0.497 e. The van der Waals surface area contributed by atoms with Crippen molar-refractivity contribution in [2.45, 2.75) is 45.6 Å². The molecular weight excluding hydrogens is 332 g/mol. The molecule has 2 heterocycles. The number of oxazole rings is 1. The predicted molar refractivity (Wildman–Crippen MR) is 97.6 cm³/mol. The molecule has 0 fully saturated rings. The molecule has 0 aliphatic carbocycles. The molecular formula is C20H26N2O4. The zero-order valence-corrected chi connectivity index (χ0v) is 16.1. The van der Waals surface area contributed by atoms with Gasteiger partial charge < -0.3 is 18.8 Å². The van der Waals surface area contributed by atoms with Gasteiger partial charge in [-0.25, -0.2) is 4.98 Å². The highest BCUT2D eigenvalue weighted by atomic mass is 16.5. The molecule has 1 aliphatic heterocycles. The number of nitrogens with zero attached hydrogens (tertiary/aromatic N) is 2. The molecule has 0 spiro atoms. The Bertz CT molecular complexity index is 805. The second-order valence-electron chi connectivity index (χ2n) is 7.56. The van der Waals surface area contributed by atoms with Crippen molar-refractivity contribution in [2.75, 3.05) is 20.8 Å². The van der Waals surface area contributed by atoms with Crippen molar-refractivity contribution >= 4 is 5.91 Å². The molecule has 0 radical (unpaired) electrons. The molecule has 1 amide bonds. The van der Waals surface area contributed by atoms with E-state index in [0.717, 1.165) is 22.9 Å². The first-order chi connectivity index (χ1) is 12.3. The minimum absolute atomic E-state index is 0.0440. The molecule has 140 valence electrons. The van der Waals surface area contributed by atoms with Crippen molar-refractivity contribution in [2.24, 2.45) is 0 Å². The molecule has 0 saturated carbocycles. The molecule has 1 aliphatic rings. The summed E-state index contributed by atoms with van der Waals surface area (Å²) in [5.74, 6) is 3.07. The van der Waals surface area contributed by atoms with E-state index in [4.69, 9.17) is 13.9 Å². The summed E-state index contributed by atoms with van der Waals surface area (Å²) in [5.41, 5.74) is 1.55. The number of carbonyl (C=O) groups is 1. The van der Waals surface area contributed by atoms with Gasteiger partial charge in [0.1, 0.15) is 23.0 Å². The molecule has 0 N–H and O–H groups in total. The second kappa shape index (κ2) is 7.02. The molecule has 0 atom stereocenters. The third-order valence-corrected chi connectivity index (χ3v) is 4.55. The molecule has 6 nitrogen and oxygen atoms in total. The lowest BCUT2D eigenvalue weighted by Gasteiger charge is -2.25. The van der Waals surface area contributed by atoms with Gasteiger partial charge in [-0.05, 0) is 18.2 Å². The molecule has 1 aromatic heterocycles. The third kappa shape index (κ3) is 3.69. The number of hydrogen-bond donors (Lipinski definition) is 0. The van der Waals surface area contributed by atoms with Crippen LogP contribution in [0.3, 0.4) is 0 Å². The van der Waals surface area contributed by atoms with Gasteiger partial charge >= 0.3 is 0 Å². The average Bonchev–Trinajstić information content (AvgIpc) is 3.05. The zero-order valence-electron chi connectivity index (χ0n) is 16.1. The maximum atomic E-state index is 12.8. The summed E-state index contributed by atoms with van der Waals surface area (Å²) < 4.78 is 16.5. The lowest BCUT2D eigenvalue weighted by Crippen LogP contribution is -2.36. The number of carbonyl (C=O) groups excluding carboxylic acids is 1. The summed E-state index contributed by atoms with van der Waals surface area (Å²) in [4.78, 5) is 19.3. The van der Waals surface area contributed by atoms with Gasteiger partial charge in [0.05, 0.1) is 27.2 Å². The van der Waals surface area contributed by atoms with Crippen LogP contribution in [0.1, 0.15) is 43.7 Å². The van der Waals surface area contributed by atoms with Crippen molar-refractivity contribution in [3.63, 3.8) is 0 Å². The topological polar surface area (TPSA) is 64.8 Å². The van der Waals surface area contributed by atoms with Gasteiger partial charge in [-0.1, -0.05) is 20.8 Å². The van der Waals surface area contributed by atoms with Crippen molar-refractivity contribution in [3.8, 4) is 11.5 Å². The van der Waals surface area contributed by atoms with E-state index >= 15 is 0 Å². The number of methoxy groups -OCH3 is 2. The Morgan fingerprint density at radius 2 is 2.04 bits per heavy atom. The summed E-state index contributed by atoms with van der Waals surface area (Å²) in [6.07, 6.45) is 0.957. The van der Waals surface area contributed by atoms with Gasteiger partial charge in [0.25, 0.3) is 0 Å². The average molecular weight is 358 g/mol. The quantitative estimate of drug-likeness (QED) is 0.840. The molecule has 3 rings (SSSR count). The largest absolute Gasteiger partial charge is 0.497 e. The summed E-state index contributed by atoms with van der Waals surface area (Å²) in [5, 5.41) is 0. The molecule has 2 aromatic rings. The van der Waals surface area contributed by atoms with Gasteiger partial charge in [0, 0.05) is 23.9 Å². The van der Waals surface area contributed by atoms with Gasteiger partial charge in [0.2, 0.25) is 5.91 Å². The number of amides is 1. The van der Waals surface area contributed by atoms with E-state index < -0.39 is 0 Å². The zero-order chi connectivity index (χ0) is 18.9. The van der Waals surface area contributed by atoms with Crippen LogP contribution in [0.15, 0.2) is 22.6 Å². The predicted octanol–water partition coefficient (Wildman–Crippen LogP) is 3.12. The highest BCUT2D eigenvalue weighted by Gasteiger charge is 2.29. The lowest BCUT2D eigenvalue weighted by molar-refractivity contribution is -0.131. The fraction of sp³-hybridized carbons (Fsp3) is 0.500. The van der Waals surface area contributed by atoms with Crippen LogP contribution in [0.4, 0.5) is 0 Å². The Morgan fingerprint density at radius 1 is 1.27 bits per heavy atom. The van der Waals surface area contributed by atoms with Crippen LogP contribution in [-0.4, -0.2) is 36.6 Å². The Hall–Kier alpha value is -2.50. The van der Waals surface area contributed by atoms with Gasteiger partial charge in [-0.3, -0.25) is 4.79 Å². The molecule has 26 heavy (non-hydrogen) atoms. The van der Waals surface area contributed by atoms with E-state index in [9.17, 15) is 4.79 Å². The van der Waals surface area contributed by atoms with Crippen LogP contribution in [0.2, 0.25) is 0 Å². The lowest BCUT2D eigenvalue weighted by atomic mass is 9.97. The molecule has 0 bridgehead atoms. The number of rotatable bonds is 4. The highest BCUT2D eigenvalue weighted by Crippen LogP contribution is 2.29. The van der Waals surface area contributed by atoms with E-state index in [1.807, 2.05) is 23.1 Å². The van der Waals surface area contributed by atoms with Crippen molar-refractivity contribution in [1.82, 2.24) is 9.88 Å². The third-order valence-electron chi connectivity index (χ3n) is 4.55. The molecule has 0 saturated heterocycles. The Labute approximate surface area is 154 Å². The van der Waals surface area contributed by atoms with E-state index in [-0.39, 0.29) is 17.7 Å². The summed E-state index contributed by atoms with van der Waals surface area (Å²) in [7, 11) is 3.21. The first kappa shape index (κ1) is 18.3. The van der Waals surface area contributed by atoms with Crippen LogP contribution < -0.4 is 9.47 Å². The van der Waals surface area contributed by atoms with Crippen LogP contribution in [-0.2, 0) is 29.6 Å². The first-order valence-electron chi connectivity index (χ1n) is 8.79. The standard InChI is InChI=1S/C20H26N2O4/c1-20(2,3)19-21-15-12-22(9-8-17(15)26-19)18(23)11-13-10-14(24-4)6-7-16(13)25-5/h6-7,10H,8-9,11-12H2,1-5H3. The molecule has 0 unspecified atom stereocenters. The number of benzene rings is 1. The smallest absolute Gasteiger partial charge is 0.227 e. The van der Waals surface area contributed by atoms with Gasteiger partial charge in [0.15, 0.2) is 5.89 Å². The Kier molecular flexibility index (Phi) is 4.94. The maximum absolute atomic E-state index is 12.8. The number of aromatic nitrogens is 1. The second-order valence-corrected chi connectivity index (χ2v) is 7.56. The maximum Gasteiger partial charge on any atom is 0.227 e. The highest BCUT2D eigenvalue weighted by molar-refractivity contribution is 5.80. The van der Waals surface area contributed by atoms with Crippen LogP contribution in [0, 0.1) is 0 Å². The van der Waals surface area contributed by atoms with Crippen LogP contribution >= 0.6 is 0 Å². The normalized spacial score (nSPS) is 14.1. The SMILES string of the molecule is COc1ccc(OC)c(CC(=O)N2CCc3oc(C(C)(C)C)nc3C2)c1. The molecule has 1 aromatic carbocycles. The van der Waals surface area contributed by atoms with Gasteiger partial charge in [-0.2, -0.15) is 0 Å². The fourth-order valence-corrected chi connectivity index (χ4v) is 3.03. The summed E-state index contributed by atoms with van der Waals surface area (Å²) in [6.45, 7) is 7.34. The number of fused-ring (bicyclic) bond motifs is 1. The fourth-order valence-electron chi connectivity index (χ4n) is 3.03. The van der Waals surface area contributed by atoms with E-state index in [1.54, 1.807) is 14.2 Å². The van der Waals surface area contributed by atoms with Gasteiger partial charge in [-0.15, -0.1) is 0 Å². The van der Waals surface area contributed by atoms with Crippen molar-refractivity contribution in [1.29, 1.82) is 0 Å². The van der Waals surface area contributed by atoms with E-state index in [2.05, 4.69) is 25.8 Å². The van der Waals surface area contributed by atoms with Crippen LogP contribution in [0.5, 0.6) is 11.5 Å². The number of ether oxygens (including phenoxy) is 2. The first-order valence-corrected chi connectivity index (χ1v) is 8.79. The monoisotopic (exact) mass is 358 g/mol. The van der Waals surface area contributed by atoms with Crippen molar-refractivity contribution in [3.05, 3.63) is 41.1 Å². The number of hydrogen-bond acceptors (Lipinski definition) is 5. The summed E-state index contributed by atoms with van der Waals surface area (Å²) >= 11 is 0. The Balaban J connectivity index is 1.75. The molecule has 6 heteroatoms. The van der Waals surface area contributed by atoms with Crippen molar-refractivity contribution < 1.29 is 18.7 Å². The van der Waals surface area contributed by atoms with Crippen LogP contribution in [0.25, 0.3) is 0 Å². The minimum atomic E-state index is -0.139. The summed E-state index contributed by atoms with van der Waals surface area (Å²) in [6, 6.07) is 5.49.